The Kier molecular flexibility index (Phi) is 13.0. The molecule has 6 nitrogen and oxygen atoms in total. The third-order valence-corrected chi connectivity index (χ3v) is 12.8. The molecule has 2 heterocycles. The minimum atomic E-state index is -0.828. The molecule has 0 aromatic heterocycles. The fourth-order valence-electron chi connectivity index (χ4n) is 10.5. The molecule has 0 spiro atoms. The average Bonchev–Trinajstić information content (AvgIpc) is 2.98. The van der Waals surface area contributed by atoms with Gasteiger partial charge in [-0.3, -0.25) is 0 Å². The number of unbranched alkanes of at least 4 members (excludes halogenated alkanes) is 8. The van der Waals surface area contributed by atoms with Crippen molar-refractivity contribution in [2.45, 2.75) is 168 Å². The second-order valence-corrected chi connectivity index (χ2v) is 16.9. The molecule has 1 N–H and O–H groups in total. The van der Waals surface area contributed by atoms with Crippen molar-refractivity contribution in [3.05, 3.63) is 11.3 Å². The van der Waals surface area contributed by atoms with E-state index in [1.54, 1.807) is 6.92 Å². The zero-order valence-corrected chi connectivity index (χ0v) is 29.9. The fourth-order valence-corrected chi connectivity index (χ4v) is 10.5. The van der Waals surface area contributed by atoms with E-state index in [1.807, 2.05) is 0 Å². The standard InChI is InChI=1S/C40H68O6/c1-4-6-16-37(28-43-29-37)18-12-8-10-14-20-45-35(32(3)36(41)42)39-23-33-22-34(24-39)26-40(25-33,27-39)46-21-15-11-9-13-19-38(17-7-5-2)30-44-31-38/h33-34H,4-31H2,1-3H3,(H,41,42). The first-order valence-electron chi connectivity index (χ1n) is 19.6. The first-order chi connectivity index (χ1) is 22.3. The normalized spacial score (nSPS) is 30.8. The van der Waals surface area contributed by atoms with Crippen molar-refractivity contribution >= 4 is 5.97 Å². The van der Waals surface area contributed by atoms with Gasteiger partial charge < -0.3 is 24.1 Å². The van der Waals surface area contributed by atoms with E-state index >= 15 is 0 Å². The van der Waals surface area contributed by atoms with E-state index in [0.29, 0.717) is 34.8 Å². The SMILES string of the molecule is CCCCC1(CCCCCCOC(=C(C)C(=O)O)C23CC4CC(CC(OCCCCCCC5(CCCC)COC5)(C4)C2)C3)COC1. The molecule has 264 valence electrons. The topological polar surface area (TPSA) is 74.2 Å². The zero-order valence-electron chi connectivity index (χ0n) is 29.9. The number of carboxylic acid groups (broad SMARTS) is 1. The van der Waals surface area contributed by atoms with Crippen molar-refractivity contribution in [1.29, 1.82) is 0 Å². The van der Waals surface area contributed by atoms with E-state index < -0.39 is 5.97 Å². The molecule has 0 radical (unpaired) electrons. The number of carboxylic acids is 1. The predicted molar refractivity (Wildman–Crippen MR) is 184 cm³/mol. The Hall–Kier alpha value is -1.11. The largest absolute Gasteiger partial charge is 0.497 e. The number of hydrogen-bond acceptors (Lipinski definition) is 5. The zero-order chi connectivity index (χ0) is 32.5. The second-order valence-electron chi connectivity index (χ2n) is 16.9. The summed E-state index contributed by atoms with van der Waals surface area (Å²) in [7, 11) is 0. The van der Waals surface area contributed by atoms with Gasteiger partial charge in [-0.15, -0.1) is 0 Å². The number of rotatable bonds is 24. The highest BCUT2D eigenvalue weighted by Crippen LogP contribution is 2.65. The lowest BCUT2D eigenvalue weighted by Gasteiger charge is -2.62. The van der Waals surface area contributed by atoms with Crippen LogP contribution < -0.4 is 0 Å². The average molecular weight is 645 g/mol. The third kappa shape index (κ3) is 8.91. The molecule has 4 saturated carbocycles. The monoisotopic (exact) mass is 645 g/mol. The molecule has 4 bridgehead atoms. The Morgan fingerprint density at radius 3 is 1.67 bits per heavy atom. The van der Waals surface area contributed by atoms with Crippen LogP contribution in [-0.2, 0) is 23.7 Å². The van der Waals surface area contributed by atoms with Crippen LogP contribution in [0, 0.1) is 28.1 Å². The van der Waals surface area contributed by atoms with Crippen LogP contribution in [0.4, 0.5) is 0 Å². The van der Waals surface area contributed by atoms with Gasteiger partial charge in [-0.25, -0.2) is 4.79 Å². The fraction of sp³-hybridized carbons (Fsp3) is 0.925. The summed E-state index contributed by atoms with van der Waals surface area (Å²) < 4.78 is 24.6. The molecule has 6 rings (SSSR count). The van der Waals surface area contributed by atoms with Gasteiger partial charge in [0, 0.05) is 22.9 Å². The smallest absolute Gasteiger partial charge is 0.334 e. The Balaban J connectivity index is 1.07. The summed E-state index contributed by atoms with van der Waals surface area (Å²) in [5, 5.41) is 10.1. The minimum absolute atomic E-state index is 0.0933. The van der Waals surface area contributed by atoms with Crippen LogP contribution in [0.15, 0.2) is 11.3 Å². The van der Waals surface area contributed by atoms with Crippen LogP contribution in [0.3, 0.4) is 0 Å². The van der Waals surface area contributed by atoms with Crippen molar-refractivity contribution in [1.82, 2.24) is 0 Å². The first kappa shape index (κ1) is 36.2. The molecule has 6 fully saturated rings. The van der Waals surface area contributed by atoms with Crippen LogP contribution in [-0.4, -0.2) is 56.3 Å². The Morgan fingerprint density at radius 2 is 1.20 bits per heavy atom. The lowest BCUT2D eigenvalue weighted by atomic mass is 9.47. The van der Waals surface area contributed by atoms with Crippen LogP contribution >= 0.6 is 0 Å². The molecule has 0 amide bonds. The molecule has 2 saturated heterocycles. The summed E-state index contributed by atoms with van der Waals surface area (Å²) in [6, 6.07) is 0. The van der Waals surface area contributed by atoms with Gasteiger partial charge in [0.25, 0.3) is 0 Å². The number of carbonyl (C=O) groups is 1. The van der Waals surface area contributed by atoms with Crippen molar-refractivity contribution < 1.29 is 28.8 Å². The van der Waals surface area contributed by atoms with E-state index in [4.69, 9.17) is 18.9 Å². The molecule has 4 aliphatic carbocycles. The first-order valence-corrected chi connectivity index (χ1v) is 19.6. The predicted octanol–water partition coefficient (Wildman–Crippen LogP) is 10.0. The summed E-state index contributed by atoms with van der Waals surface area (Å²) in [5.41, 5.74) is 1.09. The maximum atomic E-state index is 12.3. The molecule has 0 aromatic carbocycles. The van der Waals surface area contributed by atoms with Gasteiger partial charge in [-0.05, 0) is 95.8 Å². The molecule has 6 heteroatoms. The molecular formula is C40H68O6. The van der Waals surface area contributed by atoms with Crippen LogP contribution in [0.1, 0.15) is 162 Å². The van der Waals surface area contributed by atoms with E-state index in [2.05, 4.69) is 13.8 Å². The number of ether oxygens (including phenoxy) is 4. The van der Waals surface area contributed by atoms with Crippen LogP contribution in [0.25, 0.3) is 0 Å². The number of allylic oxidation sites excluding steroid dienone is 1. The molecule has 0 aromatic rings. The number of hydrogen-bond donors (Lipinski definition) is 1. The molecule has 46 heavy (non-hydrogen) atoms. The van der Waals surface area contributed by atoms with Gasteiger partial charge in [0.1, 0.15) is 5.76 Å². The lowest BCUT2D eigenvalue weighted by Crippen LogP contribution is -2.57. The third-order valence-electron chi connectivity index (χ3n) is 12.8. The van der Waals surface area contributed by atoms with Gasteiger partial charge in [0.15, 0.2) is 0 Å². The van der Waals surface area contributed by atoms with E-state index in [1.165, 1.54) is 89.9 Å². The molecule has 2 atom stereocenters. The summed E-state index contributed by atoms with van der Waals surface area (Å²) in [5.74, 6) is 1.22. The van der Waals surface area contributed by atoms with Crippen molar-refractivity contribution in [2.24, 2.45) is 28.1 Å². The molecule has 2 unspecified atom stereocenters. The maximum Gasteiger partial charge on any atom is 0.334 e. The highest BCUT2D eigenvalue weighted by Gasteiger charge is 2.60. The Labute approximate surface area is 281 Å². The molecular weight excluding hydrogens is 576 g/mol. The summed E-state index contributed by atoms with van der Waals surface area (Å²) in [4.78, 5) is 12.3. The quantitative estimate of drug-likeness (QED) is 0.0640. The lowest BCUT2D eigenvalue weighted by molar-refractivity contribution is -0.193. The summed E-state index contributed by atoms with van der Waals surface area (Å²) in [6.07, 6.45) is 26.6. The van der Waals surface area contributed by atoms with E-state index in [0.717, 1.165) is 90.2 Å². The highest BCUT2D eigenvalue weighted by molar-refractivity contribution is 5.86. The molecule has 6 aliphatic rings. The van der Waals surface area contributed by atoms with E-state index in [-0.39, 0.29) is 11.0 Å². The Morgan fingerprint density at radius 1 is 0.696 bits per heavy atom. The van der Waals surface area contributed by atoms with Crippen molar-refractivity contribution in [2.75, 3.05) is 39.6 Å². The van der Waals surface area contributed by atoms with Gasteiger partial charge in [0.05, 0.1) is 44.2 Å². The molecule has 2 aliphatic heterocycles. The number of aliphatic carboxylic acids is 1. The Bertz CT molecular complexity index is 980. The summed E-state index contributed by atoms with van der Waals surface area (Å²) in [6.45, 7) is 11.6. The van der Waals surface area contributed by atoms with Gasteiger partial charge in [-0.2, -0.15) is 0 Å². The van der Waals surface area contributed by atoms with Gasteiger partial charge in [0.2, 0.25) is 0 Å². The van der Waals surface area contributed by atoms with Gasteiger partial charge >= 0.3 is 5.97 Å². The second kappa shape index (κ2) is 16.5. The minimum Gasteiger partial charge on any atom is -0.497 e. The van der Waals surface area contributed by atoms with Crippen molar-refractivity contribution in [3.63, 3.8) is 0 Å². The highest BCUT2D eigenvalue weighted by atomic mass is 16.5. The van der Waals surface area contributed by atoms with Gasteiger partial charge in [-0.1, -0.05) is 78.1 Å². The summed E-state index contributed by atoms with van der Waals surface area (Å²) >= 11 is 0. The van der Waals surface area contributed by atoms with E-state index in [9.17, 15) is 9.90 Å². The maximum absolute atomic E-state index is 12.3. The van der Waals surface area contributed by atoms with Crippen LogP contribution in [0.5, 0.6) is 0 Å². The van der Waals surface area contributed by atoms with Crippen LogP contribution in [0.2, 0.25) is 0 Å². The van der Waals surface area contributed by atoms with Crippen molar-refractivity contribution in [3.8, 4) is 0 Å².